The Morgan fingerprint density at radius 1 is 1.42 bits per heavy atom. The number of unbranched alkanes of at least 4 members (excludes halogenated alkanes) is 3. The molecule has 0 radical (unpaired) electrons. The van der Waals surface area contributed by atoms with Crippen molar-refractivity contribution in [1.82, 2.24) is 9.97 Å². The summed E-state index contributed by atoms with van der Waals surface area (Å²) in [6.07, 6.45) is 4.94. The van der Waals surface area contributed by atoms with Crippen LogP contribution in [0.1, 0.15) is 47.2 Å². The first-order chi connectivity index (χ1) is 9.13. The minimum absolute atomic E-state index is 0.359. The zero-order valence-corrected chi connectivity index (χ0v) is 12.8. The highest BCUT2D eigenvalue weighted by Crippen LogP contribution is 2.31. The van der Waals surface area contributed by atoms with Gasteiger partial charge in [0.1, 0.15) is 10.4 Å². The number of thiophene rings is 1. The van der Waals surface area contributed by atoms with Crippen LogP contribution in [-0.4, -0.2) is 26.8 Å². The van der Waals surface area contributed by atoms with E-state index in [1.807, 2.05) is 6.92 Å². The lowest BCUT2D eigenvalue weighted by atomic mass is 10.2. The fraction of sp³-hybridized carbons (Fsp3) is 0.538. The number of aromatic amines is 1. The summed E-state index contributed by atoms with van der Waals surface area (Å²) in [7, 11) is 0. The molecule has 0 saturated heterocycles. The van der Waals surface area contributed by atoms with Gasteiger partial charge in [-0.2, -0.15) is 0 Å². The topological polar surface area (TPSA) is 66.0 Å². The first kappa shape index (κ1) is 14.4. The largest absolute Gasteiger partial charge is 0.477 e. The van der Waals surface area contributed by atoms with Crippen LogP contribution in [0.4, 0.5) is 0 Å². The molecule has 0 unspecified atom stereocenters. The number of aryl methyl sites for hydroxylation is 1. The monoisotopic (exact) mass is 298 g/mol. The number of H-pyrrole nitrogens is 1. The fourth-order valence-electron chi connectivity index (χ4n) is 1.94. The highest BCUT2D eigenvalue weighted by Gasteiger charge is 2.18. The summed E-state index contributed by atoms with van der Waals surface area (Å²) in [5.41, 5.74) is 1.48. The predicted molar refractivity (Wildman–Crippen MR) is 80.5 cm³/mol. The Kier molecular flexibility index (Phi) is 4.87. The minimum atomic E-state index is -0.883. The molecule has 2 N–H and O–H groups in total. The number of rotatable bonds is 7. The first-order valence-electron chi connectivity index (χ1n) is 6.48. The lowest BCUT2D eigenvalue weighted by Crippen LogP contribution is -1.92. The van der Waals surface area contributed by atoms with E-state index in [-0.39, 0.29) is 0 Å². The van der Waals surface area contributed by atoms with Crippen molar-refractivity contribution in [2.24, 2.45) is 0 Å². The maximum absolute atomic E-state index is 11.1. The van der Waals surface area contributed by atoms with E-state index in [1.165, 1.54) is 37.0 Å². The summed E-state index contributed by atoms with van der Waals surface area (Å²) >= 11 is 2.96. The van der Waals surface area contributed by atoms with Gasteiger partial charge in [-0.25, -0.2) is 9.78 Å². The summed E-state index contributed by atoms with van der Waals surface area (Å²) < 4.78 is 0. The summed E-state index contributed by atoms with van der Waals surface area (Å²) in [6.45, 7) is 4.11. The maximum Gasteiger partial charge on any atom is 0.348 e. The molecule has 0 fully saturated rings. The molecule has 2 aromatic heterocycles. The van der Waals surface area contributed by atoms with Crippen molar-refractivity contribution in [2.75, 3.05) is 5.75 Å². The highest BCUT2D eigenvalue weighted by molar-refractivity contribution is 7.99. The third kappa shape index (κ3) is 3.30. The zero-order chi connectivity index (χ0) is 13.8. The lowest BCUT2D eigenvalue weighted by Gasteiger charge is -1.97. The van der Waals surface area contributed by atoms with E-state index in [9.17, 15) is 4.79 Å². The summed E-state index contributed by atoms with van der Waals surface area (Å²) in [4.78, 5) is 20.1. The number of hydrogen-bond donors (Lipinski definition) is 2. The van der Waals surface area contributed by atoms with Gasteiger partial charge in [0, 0.05) is 10.6 Å². The Morgan fingerprint density at radius 3 is 2.89 bits per heavy atom. The fourth-order valence-corrected chi connectivity index (χ4v) is 3.70. The van der Waals surface area contributed by atoms with Crippen LogP contribution in [0.25, 0.3) is 11.0 Å². The smallest absolute Gasteiger partial charge is 0.348 e. The number of fused-ring (bicyclic) bond motifs is 1. The summed E-state index contributed by atoms with van der Waals surface area (Å²) in [5, 5.41) is 9.97. The van der Waals surface area contributed by atoms with Crippen LogP contribution in [-0.2, 0) is 0 Å². The molecule has 0 aromatic carbocycles. The molecule has 0 bridgehead atoms. The summed E-state index contributed by atoms with van der Waals surface area (Å²) in [5.74, 6) is 0.146. The molecule has 19 heavy (non-hydrogen) atoms. The van der Waals surface area contributed by atoms with E-state index in [4.69, 9.17) is 5.11 Å². The maximum atomic E-state index is 11.1. The second kappa shape index (κ2) is 6.43. The standard InChI is InChI=1S/C13H18N2O2S2/c1-3-4-5-6-7-18-13-14-9-8(2)19-11(12(16)17)10(9)15-13/h3-7H2,1-2H3,(H,14,15)(H,16,17). The number of carbonyl (C=O) groups is 1. The number of carboxylic acids is 1. The molecule has 0 aliphatic rings. The molecular weight excluding hydrogens is 280 g/mol. The van der Waals surface area contributed by atoms with Gasteiger partial charge in [-0.1, -0.05) is 37.9 Å². The second-order valence-electron chi connectivity index (χ2n) is 4.47. The van der Waals surface area contributed by atoms with Crippen molar-refractivity contribution in [3.63, 3.8) is 0 Å². The van der Waals surface area contributed by atoms with Crippen LogP contribution in [0, 0.1) is 6.92 Å². The van der Waals surface area contributed by atoms with Gasteiger partial charge < -0.3 is 10.1 Å². The van der Waals surface area contributed by atoms with Crippen LogP contribution in [0.2, 0.25) is 0 Å². The third-order valence-electron chi connectivity index (χ3n) is 2.93. The molecule has 0 aliphatic heterocycles. The number of imidazole rings is 1. The predicted octanol–water partition coefficient (Wildman–Crippen LogP) is 4.30. The lowest BCUT2D eigenvalue weighted by molar-refractivity contribution is 0.0704. The molecule has 0 spiro atoms. The van der Waals surface area contributed by atoms with Gasteiger partial charge in [0.25, 0.3) is 0 Å². The van der Waals surface area contributed by atoms with E-state index in [0.29, 0.717) is 10.4 Å². The van der Waals surface area contributed by atoms with Gasteiger partial charge in [-0.3, -0.25) is 0 Å². The molecule has 2 rings (SSSR count). The van der Waals surface area contributed by atoms with E-state index in [1.54, 1.807) is 11.8 Å². The average molecular weight is 298 g/mol. The second-order valence-corrected chi connectivity index (χ2v) is 6.78. The molecular formula is C13H18N2O2S2. The third-order valence-corrected chi connectivity index (χ3v) is 4.97. The average Bonchev–Trinajstić information content (AvgIpc) is 2.90. The van der Waals surface area contributed by atoms with E-state index >= 15 is 0 Å². The van der Waals surface area contributed by atoms with Gasteiger partial charge in [0.05, 0.1) is 5.52 Å². The molecule has 0 saturated carbocycles. The highest BCUT2D eigenvalue weighted by atomic mass is 32.2. The van der Waals surface area contributed by atoms with Gasteiger partial charge in [-0.05, 0) is 13.3 Å². The van der Waals surface area contributed by atoms with Crippen molar-refractivity contribution >= 4 is 40.1 Å². The molecule has 2 heterocycles. The number of aromatic carboxylic acids is 1. The SMILES string of the molecule is CCCCCCSc1nc2c(C)sc(C(=O)O)c2[nH]1. The quantitative estimate of drug-likeness (QED) is 0.590. The molecule has 0 atom stereocenters. The Balaban J connectivity index is 2.05. The molecule has 104 valence electrons. The summed E-state index contributed by atoms with van der Waals surface area (Å²) in [6, 6.07) is 0. The molecule has 2 aromatic rings. The normalized spacial score (nSPS) is 11.3. The molecule has 6 heteroatoms. The van der Waals surface area contributed by atoms with Crippen molar-refractivity contribution in [3.8, 4) is 0 Å². The van der Waals surface area contributed by atoms with Crippen molar-refractivity contribution in [3.05, 3.63) is 9.75 Å². The zero-order valence-electron chi connectivity index (χ0n) is 11.2. The van der Waals surface area contributed by atoms with Crippen LogP contribution < -0.4 is 0 Å². The van der Waals surface area contributed by atoms with Crippen molar-refractivity contribution < 1.29 is 9.90 Å². The van der Waals surface area contributed by atoms with E-state index in [0.717, 1.165) is 21.3 Å². The molecule has 0 aliphatic carbocycles. The van der Waals surface area contributed by atoms with E-state index < -0.39 is 5.97 Å². The van der Waals surface area contributed by atoms with Crippen LogP contribution >= 0.6 is 23.1 Å². The Morgan fingerprint density at radius 2 is 2.21 bits per heavy atom. The van der Waals surface area contributed by atoms with Gasteiger partial charge in [-0.15, -0.1) is 11.3 Å². The number of nitrogens with zero attached hydrogens (tertiary/aromatic N) is 1. The van der Waals surface area contributed by atoms with E-state index in [2.05, 4.69) is 16.9 Å². The van der Waals surface area contributed by atoms with Gasteiger partial charge >= 0.3 is 5.97 Å². The van der Waals surface area contributed by atoms with Crippen molar-refractivity contribution in [2.45, 2.75) is 44.7 Å². The number of carboxylic acid groups (broad SMARTS) is 1. The molecule has 0 amide bonds. The number of thioether (sulfide) groups is 1. The number of aromatic nitrogens is 2. The van der Waals surface area contributed by atoms with Gasteiger partial charge in [0.15, 0.2) is 5.16 Å². The van der Waals surface area contributed by atoms with Crippen LogP contribution in [0.5, 0.6) is 0 Å². The first-order valence-corrected chi connectivity index (χ1v) is 8.29. The Hall–Kier alpha value is -1.01. The molecule has 4 nitrogen and oxygen atoms in total. The Bertz CT molecular complexity index is 574. The van der Waals surface area contributed by atoms with Crippen LogP contribution in [0.15, 0.2) is 5.16 Å². The van der Waals surface area contributed by atoms with Crippen LogP contribution in [0.3, 0.4) is 0 Å². The number of nitrogens with one attached hydrogen (secondary N) is 1. The van der Waals surface area contributed by atoms with Gasteiger partial charge in [0.2, 0.25) is 0 Å². The van der Waals surface area contributed by atoms with Crippen molar-refractivity contribution in [1.29, 1.82) is 0 Å². The Labute approximate surface area is 120 Å². The number of hydrogen-bond acceptors (Lipinski definition) is 4. The minimum Gasteiger partial charge on any atom is -0.477 e.